The quantitative estimate of drug-likeness (QED) is 0.843. The van der Waals surface area contributed by atoms with Crippen LogP contribution in [0.5, 0.6) is 0 Å². The van der Waals surface area contributed by atoms with E-state index in [1.165, 1.54) is 51.4 Å². The van der Waals surface area contributed by atoms with Crippen molar-refractivity contribution in [3.8, 4) is 0 Å². The number of hydrogen-bond acceptors (Lipinski definition) is 2. The zero-order valence-electron chi connectivity index (χ0n) is 12.7. The molecule has 4 atom stereocenters. The fourth-order valence-corrected chi connectivity index (χ4v) is 4.77. The number of rotatable bonds is 2. The van der Waals surface area contributed by atoms with Gasteiger partial charge in [-0.15, -0.1) is 0 Å². The topological polar surface area (TPSA) is 46.3 Å². The van der Waals surface area contributed by atoms with Gasteiger partial charge in [-0.05, 0) is 50.4 Å². The third-order valence-corrected chi connectivity index (χ3v) is 5.97. The second-order valence-electron chi connectivity index (χ2n) is 7.25. The average molecular weight is 278 g/mol. The molecule has 2 N–H and O–H groups in total. The number of piperidine rings is 1. The molecule has 0 aromatic rings. The summed E-state index contributed by atoms with van der Waals surface area (Å²) < 4.78 is 0. The molecule has 1 saturated heterocycles. The van der Waals surface area contributed by atoms with Crippen molar-refractivity contribution in [2.75, 3.05) is 6.54 Å². The van der Waals surface area contributed by atoms with Crippen molar-refractivity contribution in [1.82, 2.24) is 4.90 Å². The summed E-state index contributed by atoms with van der Waals surface area (Å²) in [6, 6.07) is 0.824. The van der Waals surface area contributed by atoms with Crippen LogP contribution in [0.1, 0.15) is 70.6 Å². The van der Waals surface area contributed by atoms with Crippen molar-refractivity contribution in [3.63, 3.8) is 0 Å². The lowest BCUT2D eigenvalue weighted by molar-refractivity contribution is -0.139. The van der Waals surface area contributed by atoms with Crippen molar-refractivity contribution in [2.45, 2.75) is 82.7 Å². The molecule has 3 nitrogen and oxygen atoms in total. The van der Waals surface area contributed by atoms with Gasteiger partial charge in [-0.25, -0.2) is 0 Å². The summed E-state index contributed by atoms with van der Waals surface area (Å²) in [5.74, 6) is 1.64. The fraction of sp³-hybridized carbons (Fsp3) is 0.941. The van der Waals surface area contributed by atoms with Gasteiger partial charge in [0.25, 0.3) is 0 Å². The van der Waals surface area contributed by atoms with E-state index in [9.17, 15) is 4.79 Å². The molecule has 114 valence electrons. The first-order valence-corrected chi connectivity index (χ1v) is 8.81. The molecule has 0 spiro atoms. The Kier molecular flexibility index (Phi) is 4.65. The van der Waals surface area contributed by atoms with Crippen LogP contribution in [-0.2, 0) is 4.79 Å². The summed E-state index contributed by atoms with van der Waals surface area (Å²) in [7, 11) is 0. The molecule has 3 aliphatic rings. The van der Waals surface area contributed by atoms with Crippen LogP contribution in [0.4, 0.5) is 0 Å². The van der Waals surface area contributed by atoms with Gasteiger partial charge in [-0.1, -0.05) is 25.7 Å². The lowest BCUT2D eigenvalue weighted by Gasteiger charge is -2.45. The Hall–Kier alpha value is -0.570. The van der Waals surface area contributed by atoms with Crippen molar-refractivity contribution in [1.29, 1.82) is 0 Å². The van der Waals surface area contributed by atoms with Crippen LogP contribution in [0.25, 0.3) is 0 Å². The van der Waals surface area contributed by atoms with Crippen LogP contribution < -0.4 is 5.73 Å². The Bertz CT molecular complexity index is 342. The summed E-state index contributed by atoms with van der Waals surface area (Å²) in [4.78, 5) is 15.0. The molecule has 4 unspecified atom stereocenters. The van der Waals surface area contributed by atoms with E-state index >= 15 is 0 Å². The summed E-state index contributed by atoms with van der Waals surface area (Å²) in [6.07, 6.45) is 13.3. The third-order valence-electron chi connectivity index (χ3n) is 5.97. The number of nitrogens with two attached hydrogens (primary N) is 1. The number of fused-ring (bicyclic) bond motifs is 1. The standard InChI is InChI=1S/C17H30N2O/c18-15-9-3-1-7-14(15)12-17(20)19-11-5-8-13-6-2-4-10-16(13)19/h13-16H,1-12,18H2. The van der Waals surface area contributed by atoms with Gasteiger partial charge < -0.3 is 10.6 Å². The zero-order chi connectivity index (χ0) is 13.9. The molecule has 20 heavy (non-hydrogen) atoms. The normalized spacial score (nSPS) is 38.4. The van der Waals surface area contributed by atoms with Gasteiger partial charge in [0.2, 0.25) is 5.91 Å². The molecule has 1 aliphatic heterocycles. The Morgan fingerprint density at radius 2 is 1.65 bits per heavy atom. The zero-order valence-corrected chi connectivity index (χ0v) is 12.7. The van der Waals surface area contributed by atoms with E-state index < -0.39 is 0 Å². The van der Waals surface area contributed by atoms with E-state index in [0.29, 0.717) is 24.3 Å². The van der Waals surface area contributed by atoms with Crippen molar-refractivity contribution in [3.05, 3.63) is 0 Å². The van der Waals surface area contributed by atoms with Crippen LogP contribution in [0, 0.1) is 11.8 Å². The van der Waals surface area contributed by atoms with Crippen LogP contribution >= 0.6 is 0 Å². The maximum Gasteiger partial charge on any atom is 0.223 e. The number of likely N-dealkylation sites (tertiary alicyclic amines) is 1. The fourth-order valence-electron chi connectivity index (χ4n) is 4.77. The second kappa shape index (κ2) is 6.46. The predicted molar refractivity (Wildman–Crippen MR) is 81.2 cm³/mol. The lowest BCUT2D eigenvalue weighted by atomic mass is 9.77. The van der Waals surface area contributed by atoms with Gasteiger partial charge in [0.15, 0.2) is 0 Å². The van der Waals surface area contributed by atoms with Gasteiger partial charge in [0.05, 0.1) is 0 Å². The van der Waals surface area contributed by atoms with Crippen LogP contribution in [0.2, 0.25) is 0 Å². The molecule has 0 radical (unpaired) electrons. The van der Waals surface area contributed by atoms with Crippen LogP contribution in [0.15, 0.2) is 0 Å². The van der Waals surface area contributed by atoms with Crippen molar-refractivity contribution >= 4 is 5.91 Å². The Morgan fingerprint density at radius 1 is 0.950 bits per heavy atom. The molecule has 1 amide bonds. The number of hydrogen-bond donors (Lipinski definition) is 1. The van der Waals surface area contributed by atoms with Crippen LogP contribution in [0.3, 0.4) is 0 Å². The molecule has 1 heterocycles. The highest BCUT2D eigenvalue weighted by molar-refractivity contribution is 5.77. The molecule has 3 fully saturated rings. The van der Waals surface area contributed by atoms with E-state index in [0.717, 1.165) is 25.3 Å². The molecular formula is C17H30N2O. The Balaban J connectivity index is 1.60. The molecule has 2 saturated carbocycles. The molecule has 0 aromatic carbocycles. The van der Waals surface area contributed by atoms with Crippen molar-refractivity contribution < 1.29 is 4.79 Å². The van der Waals surface area contributed by atoms with E-state index in [2.05, 4.69) is 4.90 Å². The summed E-state index contributed by atoms with van der Waals surface area (Å²) in [6.45, 7) is 1.00. The molecule has 2 aliphatic carbocycles. The SMILES string of the molecule is NC1CCCCC1CC(=O)N1CCCC2CCCCC21. The van der Waals surface area contributed by atoms with E-state index in [1.54, 1.807) is 0 Å². The number of nitrogens with zero attached hydrogens (tertiary/aromatic N) is 1. The largest absolute Gasteiger partial charge is 0.339 e. The summed E-state index contributed by atoms with van der Waals surface area (Å²) in [5.41, 5.74) is 6.22. The molecule has 0 aromatic heterocycles. The smallest absolute Gasteiger partial charge is 0.223 e. The molecule has 3 rings (SSSR count). The maximum absolute atomic E-state index is 12.7. The minimum atomic E-state index is 0.264. The maximum atomic E-state index is 12.7. The van der Waals surface area contributed by atoms with Crippen LogP contribution in [-0.4, -0.2) is 29.4 Å². The molecule has 0 bridgehead atoms. The molecule has 3 heteroatoms. The minimum Gasteiger partial charge on any atom is -0.339 e. The summed E-state index contributed by atoms with van der Waals surface area (Å²) >= 11 is 0. The molecular weight excluding hydrogens is 248 g/mol. The highest BCUT2D eigenvalue weighted by Gasteiger charge is 2.36. The average Bonchev–Trinajstić information content (AvgIpc) is 2.49. The van der Waals surface area contributed by atoms with Gasteiger partial charge in [-0.2, -0.15) is 0 Å². The van der Waals surface area contributed by atoms with E-state index in [1.807, 2.05) is 0 Å². The first-order valence-electron chi connectivity index (χ1n) is 8.81. The summed E-state index contributed by atoms with van der Waals surface area (Å²) in [5, 5.41) is 0. The lowest BCUT2D eigenvalue weighted by Crippen LogP contribution is -2.50. The number of amides is 1. The predicted octanol–water partition coefficient (Wildman–Crippen LogP) is 3.08. The minimum absolute atomic E-state index is 0.264. The van der Waals surface area contributed by atoms with Gasteiger partial charge >= 0.3 is 0 Å². The Labute approximate surface area is 123 Å². The van der Waals surface area contributed by atoms with Crippen molar-refractivity contribution in [2.24, 2.45) is 17.6 Å². The number of carbonyl (C=O) groups is 1. The Morgan fingerprint density at radius 3 is 2.50 bits per heavy atom. The monoisotopic (exact) mass is 278 g/mol. The highest BCUT2D eigenvalue weighted by Crippen LogP contribution is 2.36. The third kappa shape index (κ3) is 3.03. The first kappa shape index (κ1) is 14.4. The highest BCUT2D eigenvalue weighted by atomic mass is 16.2. The van der Waals surface area contributed by atoms with Gasteiger partial charge in [0.1, 0.15) is 0 Å². The van der Waals surface area contributed by atoms with E-state index in [4.69, 9.17) is 5.73 Å². The van der Waals surface area contributed by atoms with Gasteiger partial charge in [0, 0.05) is 25.0 Å². The van der Waals surface area contributed by atoms with E-state index in [-0.39, 0.29) is 6.04 Å². The number of carbonyl (C=O) groups excluding carboxylic acids is 1. The van der Waals surface area contributed by atoms with Gasteiger partial charge in [-0.3, -0.25) is 4.79 Å². The second-order valence-corrected chi connectivity index (χ2v) is 7.25. The first-order chi connectivity index (χ1) is 9.75.